The highest BCUT2D eigenvalue weighted by atomic mass is 16.5. The number of anilines is 1. The second-order valence-electron chi connectivity index (χ2n) is 8.35. The number of piperidine rings is 1. The molecule has 1 aromatic heterocycles. The minimum atomic E-state index is -0.0493. The lowest BCUT2D eigenvalue weighted by Crippen LogP contribution is -2.39. The van der Waals surface area contributed by atoms with Crippen LogP contribution in [0.2, 0.25) is 0 Å². The van der Waals surface area contributed by atoms with Crippen LogP contribution >= 0.6 is 0 Å². The fraction of sp³-hybridized carbons (Fsp3) is 0.360. The van der Waals surface area contributed by atoms with Crippen molar-refractivity contribution in [2.24, 2.45) is 0 Å². The number of carbonyl (C=O) groups is 2. The van der Waals surface area contributed by atoms with Gasteiger partial charge in [-0.15, -0.1) is 0 Å². The number of aromatic nitrogens is 2. The van der Waals surface area contributed by atoms with E-state index in [9.17, 15) is 9.59 Å². The molecule has 0 bridgehead atoms. The summed E-state index contributed by atoms with van der Waals surface area (Å²) in [6, 6.07) is 13.3. The maximum absolute atomic E-state index is 13.1. The highest BCUT2D eigenvalue weighted by Gasteiger charge is 2.29. The van der Waals surface area contributed by atoms with Crippen LogP contribution in [-0.2, 0) is 4.79 Å². The average Bonchev–Trinajstić information content (AvgIpc) is 3.29. The van der Waals surface area contributed by atoms with Gasteiger partial charge < -0.3 is 14.7 Å². The molecule has 0 spiro atoms. The maximum Gasteiger partial charge on any atom is 0.254 e. The van der Waals surface area contributed by atoms with Crippen LogP contribution < -0.4 is 5.32 Å². The summed E-state index contributed by atoms with van der Waals surface area (Å²) < 4.78 is 5.59. The number of amides is 2. The number of hydrogen-bond acceptors (Lipinski definition) is 5. The summed E-state index contributed by atoms with van der Waals surface area (Å²) in [6.45, 7) is 7.09. The van der Waals surface area contributed by atoms with Crippen LogP contribution in [0.1, 0.15) is 59.5 Å². The molecular formula is C25H28N4O3. The first-order chi connectivity index (χ1) is 15.4. The maximum atomic E-state index is 13.1. The number of nitrogens with one attached hydrogen (secondary N) is 1. The Balaban J connectivity index is 1.49. The normalized spacial score (nSPS) is 16.1. The molecule has 0 saturated carbocycles. The van der Waals surface area contributed by atoms with Crippen LogP contribution in [0.15, 0.2) is 47.0 Å². The molecule has 2 heterocycles. The number of rotatable bonds is 5. The molecule has 1 aliphatic heterocycles. The third-order valence-electron chi connectivity index (χ3n) is 5.84. The number of carbonyl (C=O) groups excluding carboxylic acids is 2. The Morgan fingerprint density at radius 3 is 2.81 bits per heavy atom. The summed E-state index contributed by atoms with van der Waals surface area (Å²) in [4.78, 5) is 31.3. The SMILES string of the molecule is CCC(=O)Nc1cccc(-c2noc(C3CCCN(C(=O)c4ccc(C)cc4C)C3)n2)c1. The molecule has 32 heavy (non-hydrogen) atoms. The van der Waals surface area contributed by atoms with E-state index >= 15 is 0 Å². The fourth-order valence-corrected chi connectivity index (χ4v) is 4.09. The summed E-state index contributed by atoms with van der Waals surface area (Å²) in [5.74, 6) is 1.02. The van der Waals surface area contributed by atoms with Gasteiger partial charge in [-0.2, -0.15) is 4.98 Å². The van der Waals surface area contributed by atoms with Gasteiger partial charge in [0.25, 0.3) is 5.91 Å². The molecule has 1 unspecified atom stereocenters. The minimum absolute atomic E-state index is 0.00248. The number of hydrogen-bond donors (Lipinski definition) is 1. The largest absolute Gasteiger partial charge is 0.339 e. The topological polar surface area (TPSA) is 88.3 Å². The lowest BCUT2D eigenvalue weighted by Gasteiger charge is -2.31. The summed E-state index contributed by atoms with van der Waals surface area (Å²) in [5, 5.41) is 7.00. The van der Waals surface area contributed by atoms with Crippen LogP contribution in [0, 0.1) is 13.8 Å². The summed E-state index contributed by atoms with van der Waals surface area (Å²) in [6.07, 6.45) is 2.19. The van der Waals surface area contributed by atoms with E-state index in [0.29, 0.717) is 30.4 Å². The Morgan fingerprint density at radius 1 is 1.19 bits per heavy atom. The Kier molecular flexibility index (Phi) is 6.35. The molecule has 1 aliphatic rings. The van der Waals surface area contributed by atoms with Crippen LogP contribution in [0.4, 0.5) is 5.69 Å². The van der Waals surface area contributed by atoms with Crippen LogP contribution in [0.25, 0.3) is 11.4 Å². The van der Waals surface area contributed by atoms with Gasteiger partial charge in [0.2, 0.25) is 17.6 Å². The molecule has 2 aromatic carbocycles. The van der Waals surface area contributed by atoms with Gasteiger partial charge in [0.1, 0.15) is 0 Å². The molecule has 1 N–H and O–H groups in total. The van der Waals surface area contributed by atoms with Crippen molar-refractivity contribution >= 4 is 17.5 Å². The van der Waals surface area contributed by atoms with E-state index in [4.69, 9.17) is 4.52 Å². The summed E-state index contributed by atoms with van der Waals surface area (Å²) in [5.41, 5.74) is 4.35. The summed E-state index contributed by atoms with van der Waals surface area (Å²) in [7, 11) is 0. The van der Waals surface area contributed by atoms with Gasteiger partial charge >= 0.3 is 0 Å². The van der Waals surface area contributed by atoms with Crippen molar-refractivity contribution in [2.75, 3.05) is 18.4 Å². The van der Waals surface area contributed by atoms with Gasteiger partial charge in [-0.25, -0.2) is 0 Å². The number of aryl methyl sites for hydroxylation is 2. The van der Waals surface area contributed by atoms with Crippen molar-refractivity contribution in [3.8, 4) is 11.4 Å². The standard InChI is InChI=1S/C25H28N4O3/c1-4-22(30)26-20-9-5-7-18(14-20)23-27-24(32-28-23)19-8-6-12-29(15-19)25(31)21-11-10-16(2)13-17(21)3/h5,7,9-11,13-14,19H,4,6,8,12,15H2,1-3H3,(H,26,30). The minimum Gasteiger partial charge on any atom is -0.339 e. The van der Waals surface area contributed by atoms with Gasteiger partial charge in [-0.1, -0.05) is 41.9 Å². The molecule has 166 valence electrons. The molecule has 1 atom stereocenters. The second-order valence-corrected chi connectivity index (χ2v) is 8.35. The molecule has 3 aromatic rings. The van der Waals surface area contributed by atoms with E-state index in [0.717, 1.165) is 41.6 Å². The number of likely N-dealkylation sites (tertiary alicyclic amines) is 1. The molecule has 7 heteroatoms. The molecule has 7 nitrogen and oxygen atoms in total. The lowest BCUT2D eigenvalue weighted by atomic mass is 9.96. The average molecular weight is 433 g/mol. The van der Waals surface area contributed by atoms with Gasteiger partial charge in [0, 0.05) is 36.3 Å². The Morgan fingerprint density at radius 2 is 2.03 bits per heavy atom. The molecule has 2 amide bonds. The molecule has 1 saturated heterocycles. The number of nitrogens with zero attached hydrogens (tertiary/aromatic N) is 3. The predicted molar refractivity (Wildman–Crippen MR) is 122 cm³/mol. The third-order valence-corrected chi connectivity index (χ3v) is 5.84. The quantitative estimate of drug-likeness (QED) is 0.630. The molecule has 0 aliphatic carbocycles. The second kappa shape index (κ2) is 9.34. The highest BCUT2D eigenvalue weighted by Crippen LogP contribution is 2.29. The first-order valence-electron chi connectivity index (χ1n) is 11.0. The highest BCUT2D eigenvalue weighted by molar-refractivity contribution is 5.95. The first kappa shape index (κ1) is 21.7. The van der Waals surface area contributed by atoms with Gasteiger partial charge in [-0.05, 0) is 50.5 Å². The zero-order valence-electron chi connectivity index (χ0n) is 18.7. The molecule has 0 radical (unpaired) electrons. The van der Waals surface area contributed by atoms with Crippen molar-refractivity contribution in [3.63, 3.8) is 0 Å². The fourth-order valence-electron chi connectivity index (χ4n) is 4.09. The van der Waals surface area contributed by atoms with Gasteiger partial charge in [0.05, 0.1) is 5.92 Å². The van der Waals surface area contributed by atoms with E-state index < -0.39 is 0 Å². The Bertz CT molecular complexity index is 1140. The van der Waals surface area contributed by atoms with Crippen molar-refractivity contribution in [3.05, 3.63) is 65.0 Å². The van der Waals surface area contributed by atoms with E-state index in [2.05, 4.69) is 15.5 Å². The lowest BCUT2D eigenvalue weighted by molar-refractivity contribution is -0.115. The van der Waals surface area contributed by atoms with Crippen LogP contribution in [-0.4, -0.2) is 39.9 Å². The van der Waals surface area contributed by atoms with E-state index in [1.54, 1.807) is 0 Å². The van der Waals surface area contributed by atoms with Crippen LogP contribution in [0.3, 0.4) is 0 Å². The molecule has 1 fully saturated rings. The van der Waals surface area contributed by atoms with E-state index in [1.165, 1.54) is 0 Å². The van der Waals surface area contributed by atoms with Crippen LogP contribution in [0.5, 0.6) is 0 Å². The molecular weight excluding hydrogens is 404 g/mol. The van der Waals surface area contributed by atoms with Crippen molar-refractivity contribution < 1.29 is 14.1 Å². The smallest absolute Gasteiger partial charge is 0.254 e. The first-order valence-corrected chi connectivity index (χ1v) is 11.0. The predicted octanol–water partition coefficient (Wildman–Crippen LogP) is 4.72. The third kappa shape index (κ3) is 4.72. The van der Waals surface area contributed by atoms with Crippen molar-refractivity contribution in [1.82, 2.24) is 15.0 Å². The Labute approximate surface area is 187 Å². The number of benzene rings is 2. The molecule has 4 rings (SSSR count). The summed E-state index contributed by atoms with van der Waals surface area (Å²) >= 11 is 0. The van der Waals surface area contributed by atoms with Gasteiger partial charge in [0.15, 0.2) is 0 Å². The van der Waals surface area contributed by atoms with E-state index in [1.807, 2.05) is 68.1 Å². The zero-order valence-corrected chi connectivity index (χ0v) is 18.7. The van der Waals surface area contributed by atoms with E-state index in [-0.39, 0.29) is 17.7 Å². The van der Waals surface area contributed by atoms with Crippen molar-refractivity contribution in [1.29, 1.82) is 0 Å². The van der Waals surface area contributed by atoms with Gasteiger partial charge in [-0.3, -0.25) is 9.59 Å². The zero-order chi connectivity index (χ0) is 22.7. The Hall–Kier alpha value is -3.48. The van der Waals surface area contributed by atoms with Crippen molar-refractivity contribution in [2.45, 2.75) is 46.0 Å². The monoisotopic (exact) mass is 432 g/mol.